The van der Waals surface area contributed by atoms with Crippen molar-refractivity contribution in [1.29, 1.82) is 0 Å². The van der Waals surface area contributed by atoms with Gasteiger partial charge in [-0.05, 0) is 69.6 Å². The van der Waals surface area contributed by atoms with Crippen LogP contribution < -0.4 is 5.32 Å². The zero-order valence-electron chi connectivity index (χ0n) is 16.9. The number of allylic oxidation sites excluding steroid dienone is 3. The first kappa shape index (κ1) is 19.7. The molecule has 24 heavy (non-hydrogen) atoms. The summed E-state index contributed by atoms with van der Waals surface area (Å²) in [5, 5.41) is 3.50. The molecule has 2 fully saturated rings. The van der Waals surface area contributed by atoms with Crippen molar-refractivity contribution >= 4 is 0 Å². The molecule has 0 radical (unpaired) electrons. The highest BCUT2D eigenvalue weighted by Crippen LogP contribution is 2.66. The maximum Gasteiger partial charge on any atom is 0.0637 e. The fraction of sp³-hybridized carbons (Fsp3) is 0.818. The second kappa shape index (κ2) is 8.19. The van der Waals surface area contributed by atoms with Gasteiger partial charge in [-0.1, -0.05) is 44.1 Å². The van der Waals surface area contributed by atoms with Crippen LogP contribution in [0.3, 0.4) is 0 Å². The Kier molecular flexibility index (Phi) is 6.73. The number of rotatable bonds is 9. The normalized spacial score (nSPS) is 31.5. The number of hydrogen-bond acceptors (Lipinski definition) is 2. The third-order valence-corrected chi connectivity index (χ3v) is 7.00. The summed E-state index contributed by atoms with van der Waals surface area (Å²) in [7, 11) is 0. The molecule has 0 aromatic carbocycles. The fourth-order valence-corrected chi connectivity index (χ4v) is 4.69. The van der Waals surface area contributed by atoms with Gasteiger partial charge in [-0.2, -0.15) is 0 Å². The molecule has 2 aliphatic rings. The molecule has 0 spiro atoms. The van der Waals surface area contributed by atoms with E-state index < -0.39 is 0 Å². The van der Waals surface area contributed by atoms with Gasteiger partial charge < -0.3 is 10.1 Å². The largest absolute Gasteiger partial charge is 0.376 e. The Morgan fingerprint density at radius 3 is 2.50 bits per heavy atom. The zero-order chi connectivity index (χ0) is 17.8. The van der Waals surface area contributed by atoms with E-state index >= 15 is 0 Å². The average Bonchev–Trinajstić information content (AvgIpc) is 2.83. The molecule has 0 aliphatic heterocycles. The highest BCUT2D eigenvalue weighted by Gasteiger charge is 2.61. The van der Waals surface area contributed by atoms with Crippen LogP contribution in [-0.4, -0.2) is 25.8 Å². The van der Waals surface area contributed by atoms with Crippen molar-refractivity contribution in [1.82, 2.24) is 5.32 Å². The molecule has 0 aromatic heterocycles. The second-order valence-electron chi connectivity index (χ2n) is 9.04. The fourth-order valence-electron chi connectivity index (χ4n) is 4.69. The van der Waals surface area contributed by atoms with E-state index in [9.17, 15) is 0 Å². The Balaban J connectivity index is 1.60. The van der Waals surface area contributed by atoms with Gasteiger partial charge in [-0.15, -0.1) is 0 Å². The molecular weight excluding hydrogens is 294 g/mol. The van der Waals surface area contributed by atoms with Gasteiger partial charge in [-0.25, -0.2) is 0 Å². The van der Waals surface area contributed by atoms with Gasteiger partial charge in [-0.3, -0.25) is 0 Å². The first-order chi connectivity index (χ1) is 11.3. The van der Waals surface area contributed by atoms with E-state index in [1.54, 1.807) is 0 Å². The molecule has 0 heterocycles. The minimum Gasteiger partial charge on any atom is -0.376 e. The van der Waals surface area contributed by atoms with Crippen molar-refractivity contribution in [3.8, 4) is 0 Å². The van der Waals surface area contributed by atoms with Crippen LogP contribution in [0.25, 0.3) is 0 Å². The molecule has 0 saturated heterocycles. The number of ether oxygens (including phenoxy) is 1. The van der Waals surface area contributed by atoms with Gasteiger partial charge in [0.1, 0.15) is 0 Å². The van der Waals surface area contributed by atoms with Crippen LogP contribution in [0.15, 0.2) is 23.3 Å². The van der Waals surface area contributed by atoms with Crippen molar-refractivity contribution < 1.29 is 4.74 Å². The van der Waals surface area contributed by atoms with Gasteiger partial charge in [0.15, 0.2) is 0 Å². The van der Waals surface area contributed by atoms with Crippen LogP contribution in [0.5, 0.6) is 0 Å². The molecular formula is C22H39NO. The molecule has 2 rings (SSSR count). The number of hydrogen-bond donors (Lipinski definition) is 1. The Morgan fingerprint density at radius 1 is 1.17 bits per heavy atom. The monoisotopic (exact) mass is 333 g/mol. The van der Waals surface area contributed by atoms with E-state index in [4.69, 9.17) is 4.74 Å². The van der Waals surface area contributed by atoms with E-state index in [0.717, 1.165) is 32.0 Å². The summed E-state index contributed by atoms with van der Waals surface area (Å²) < 4.78 is 6.28. The zero-order valence-corrected chi connectivity index (χ0v) is 16.9. The predicted octanol–water partition coefficient (Wildman–Crippen LogP) is 5.50. The summed E-state index contributed by atoms with van der Waals surface area (Å²) in [6, 6.07) is 0. The summed E-state index contributed by atoms with van der Waals surface area (Å²) in [4.78, 5) is 0. The molecule has 2 aliphatic carbocycles. The number of fused-ring (bicyclic) bond motifs is 2. The molecule has 3 atom stereocenters. The Morgan fingerprint density at radius 2 is 1.92 bits per heavy atom. The Hall–Kier alpha value is -0.600. The molecule has 1 N–H and O–H groups in total. The van der Waals surface area contributed by atoms with E-state index in [1.165, 1.54) is 36.8 Å². The first-order valence-electron chi connectivity index (χ1n) is 9.88. The third-order valence-electron chi connectivity index (χ3n) is 7.00. The molecule has 138 valence electrons. The molecule has 2 nitrogen and oxygen atoms in total. The standard InChI is InChI=1S/C22H39NO/c1-17(2)8-7-9-18(3)11-13-23-14-15-24-20-16-19-10-12-22(20,6)21(19,4)5/h8,11,19-20,23H,7,9-10,12-16H2,1-6H3. The lowest BCUT2D eigenvalue weighted by Crippen LogP contribution is -2.38. The number of nitrogens with one attached hydrogen (secondary N) is 1. The van der Waals surface area contributed by atoms with Crippen molar-refractivity contribution in [2.24, 2.45) is 16.7 Å². The van der Waals surface area contributed by atoms with Crippen LogP contribution in [0.2, 0.25) is 0 Å². The average molecular weight is 334 g/mol. The van der Waals surface area contributed by atoms with E-state index in [-0.39, 0.29) is 0 Å². The maximum absolute atomic E-state index is 6.28. The molecule has 3 unspecified atom stereocenters. The minimum absolute atomic E-state index is 0.388. The third kappa shape index (κ3) is 4.32. The SMILES string of the molecule is CC(C)=CCCC(C)=CCNCCOC1CC2CCC1(C)C2(C)C. The molecule has 0 amide bonds. The Bertz CT molecular complexity index is 472. The summed E-state index contributed by atoms with van der Waals surface area (Å²) >= 11 is 0. The van der Waals surface area contributed by atoms with Gasteiger partial charge in [0.2, 0.25) is 0 Å². The Labute approximate surface area is 150 Å². The summed E-state index contributed by atoms with van der Waals surface area (Å²) in [5.74, 6) is 0.867. The van der Waals surface area contributed by atoms with Crippen molar-refractivity contribution in [3.05, 3.63) is 23.3 Å². The van der Waals surface area contributed by atoms with E-state index in [0.29, 0.717) is 16.9 Å². The van der Waals surface area contributed by atoms with E-state index in [1.807, 2.05) is 0 Å². The van der Waals surface area contributed by atoms with Crippen molar-refractivity contribution in [2.45, 2.75) is 79.8 Å². The maximum atomic E-state index is 6.28. The molecule has 2 heteroatoms. The van der Waals surface area contributed by atoms with Crippen LogP contribution in [0, 0.1) is 16.7 Å². The summed E-state index contributed by atoms with van der Waals surface area (Å²) in [5.41, 5.74) is 3.73. The van der Waals surface area contributed by atoms with Crippen LogP contribution >= 0.6 is 0 Å². The lowest BCUT2D eigenvalue weighted by Gasteiger charge is -2.38. The summed E-state index contributed by atoms with van der Waals surface area (Å²) in [6.45, 7) is 16.7. The topological polar surface area (TPSA) is 21.3 Å². The highest BCUT2D eigenvalue weighted by molar-refractivity contribution is 5.11. The quantitative estimate of drug-likeness (QED) is 0.444. The lowest BCUT2D eigenvalue weighted by molar-refractivity contribution is -0.0448. The molecule has 2 saturated carbocycles. The van der Waals surface area contributed by atoms with Gasteiger partial charge in [0.25, 0.3) is 0 Å². The smallest absolute Gasteiger partial charge is 0.0637 e. The first-order valence-corrected chi connectivity index (χ1v) is 9.88. The van der Waals surface area contributed by atoms with Crippen LogP contribution in [0.1, 0.15) is 73.6 Å². The predicted molar refractivity (Wildman–Crippen MR) is 104 cm³/mol. The van der Waals surface area contributed by atoms with Gasteiger partial charge >= 0.3 is 0 Å². The summed E-state index contributed by atoms with van der Waals surface area (Å²) in [6.07, 6.45) is 11.4. The van der Waals surface area contributed by atoms with Gasteiger partial charge in [0.05, 0.1) is 12.7 Å². The minimum atomic E-state index is 0.388. The van der Waals surface area contributed by atoms with E-state index in [2.05, 4.69) is 59.0 Å². The molecule has 2 bridgehead atoms. The highest BCUT2D eigenvalue weighted by atomic mass is 16.5. The van der Waals surface area contributed by atoms with Crippen LogP contribution in [0.4, 0.5) is 0 Å². The van der Waals surface area contributed by atoms with Crippen LogP contribution in [-0.2, 0) is 4.74 Å². The molecule has 0 aromatic rings. The second-order valence-corrected chi connectivity index (χ2v) is 9.04. The van der Waals surface area contributed by atoms with Crippen molar-refractivity contribution in [2.75, 3.05) is 19.7 Å². The van der Waals surface area contributed by atoms with Gasteiger partial charge in [0, 0.05) is 13.1 Å². The lowest BCUT2D eigenvalue weighted by atomic mass is 9.70. The van der Waals surface area contributed by atoms with Crippen molar-refractivity contribution in [3.63, 3.8) is 0 Å².